The Balaban J connectivity index is 3.43. The van der Waals surface area contributed by atoms with E-state index >= 15 is 0 Å². The number of unbranched alkanes of at least 4 members (excludes halogenated alkanes) is 51. The number of esters is 1. The zero-order valence-electron chi connectivity index (χ0n) is 55.9. The number of allylic oxidation sites excluding steroid dienone is 8. The Morgan fingerprint density at radius 1 is 0.337 bits per heavy atom. The van der Waals surface area contributed by atoms with Crippen LogP contribution in [0.3, 0.4) is 0 Å². The van der Waals surface area contributed by atoms with Crippen molar-refractivity contribution < 1.29 is 24.5 Å². The van der Waals surface area contributed by atoms with Crippen LogP contribution in [0.4, 0.5) is 0 Å². The molecule has 2 unspecified atom stereocenters. The average Bonchev–Trinajstić information content (AvgIpc) is 3.49. The summed E-state index contributed by atoms with van der Waals surface area (Å²) in [5.74, 6) is -0.0350. The molecule has 0 aliphatic heterocycles. The second kappa shape index (κ2) is 72.3. The van der Waals surface area contributed by atoms with E-state index in [1.807, 2.05) is 0 Å². The van der Waals surface area contributed by atoms with Crippen LogP contribution in [0.2, 0.25) is 0 Å². The molecule has 0 saturated carbocycles. The lowest BCUT2D eigenvalue weighted by Crippen LogP contribution is -2.45. The molecule has 6 nitrogen and oxygen atoms in total. The van der Waals surface area contributed by atoms with Crippen LogP contribution in [-0.2, 0) is 14.3 Å². The van der Waals surface area contributed by atoms with E-state index < -0.39 is 12.1 Å². The van der Waals surface area contributed by atoms with Crippen molar-refractivity contribution >= 4 is 11.9 Å². The standard InChI is InChI=1S/C77H145NO5/c1-3-5-7-9-11-13-15-17-19-21-23-24-28-31-34-37-41-45-49-53-57-61-65-69-75(80)74(73-79)78-76(81)70-66-62-58-54-50-46-42-38-35-32-29-26-25-27-30-33-36-40-44-48-52-56-60-64-68-72-83-77(82)71-67-63-59-55-51-47-43-39-22-20-18-16-14-12-10-8-6-4-2/h14,16,20,22,26-27,29-30,74-75,79-80H,3-13,15,17-19,21,23-25,28,31-73H2,1-2H3,(H,78,81)/b16-14-,22-20-,29-26-,30-27-. The van der Waals surface area contributed by atoms with Crippen molar-refractivity contribution in [2.45, 2.75) is 418 Å². The molecule has 0 rings (SSSR count). The number of aliphatic hydroxyl groups is 2. The summed E-state index contributed by atoms with van der Waals surface area (Å²) < 4.78 is 5.50. The maximum Gasteiger partial charge on any atom is 0.305 e. The van der Waals surface area contributed by atoms with Gasteiger partial charge in [-0.1, -0.05) is 351 Å². The fourth-order valence-electron chi connectivity index (χ4n) is 11.6. The summed E-state index contributed by atoms with van der Waals surface area (Å²) in [5, 5.41) is 23.4. The highest BCUT2D eigenvalue weighted by Crippen LogP contribution is 2.19. The first-order chi connectivity index (χ1) is 41.0. The summed E-state index contributed by atoms with van der Waals surface area (Å²) in [6.07, 6.45) is 94.5. The van der Waals surface area contributed by atoms with Gasteiger partial charge in [0.05, 0.1) is 25.4 Å². The maximum absolute atomic E-state index is 12.6. The van der Waals surface area contributed by atoms with E-state index in [0.29, 0.717) is 25.9 Å². The second-order valence-corrected chi connectivity index (χ2v) is 25.6. The van der Waals surface area contributed by atoms with Crippen LogP contribution < -0.4 is 5.32 Å². The quantitative estimate of drug-likeness (QED) is 0.0320. The van der Waals surface area contributed by atoms with E-state index in [1.54, 1.807) is 0 Å². The van der Waals surface area contributed by atoms with Gasteiger partial charge in [0.2, 0.25) is 5.91 Å². The van der Waals surface area contributed by atoms with Crippen molar-refractivity contribution in [3.8, 4) is 0 Å². The van der Waals surface area contributed by atoms with Gasteiger partial charge in [0.25, 0.3) is 0 Å². The molecule has 0 spiro atoms. The van der Waals surface area contributed by atoms with Crippen molar-refractivity contribution in [3.05, 3.63) is 48.6 Å². The van der Waals surface area contributed by atoms with Gasteiger partial charge in [-0.2, -0.15) is 0 Å². The Bertz CT molecular complexity index is 1390. The lowest BCUT2D eigenvalue weighted by atomic mass is 10.0. The van der Waals surface area contributed by atoms with E-state index in [1.165, 1.54) is 315 Å². The molecule has 0 aromatic heterocycles. The van der Waals surface area contributed by atoms with Crippen LogP contribution in [0.15, 0.2) is 48.6 Å². The molecule has 0 aromatic rings. The Hall–Kier alpha value is -2.18. The molecule has 0 heterocycles. The van der Waals surface area contributed by atoms with Gasteiger partial charge in [0.1, 0.15) is 0 Å². The molecule has 6 heteroatoms. The number of aliphatic hydroxyl groups excluding tert-OH is 2. The van der Waals surface area contributed by atoms with Crippen molar-refractivity contribution in [1.82, 2.24) is 5.32 Å². The second-order valence-electron chi connectivity index (χ2n) is 25.6. The number of ether oxygens (including phenoxy) is 1. The molecule has 1 amide bonds. The first kappa shape index (κ1) is 80.8. The summed E-state index contributed by atoms with van der Waals surface area (Å²) >= 11 is 0. The fraction of sp³-hybridized carbons (Fsp3) is 0.870. The molecule has 0 aliphatic carbocycles. The van der Waals surface area contributed by atoms with Gasteiger partial charge in [0, 0.05) is 12.8 Å². The van der Waals surface area contributed by atoms with Gasteiger partial charge >= 0.3 is 5.97 Å². The number of carbonyl (C=O) groups is 2. The highest BCUT2D eigenvalue weighted by Gasteiger charge is 2.20. The van der Waals surface area contributed by atoms with Crippen LogP contribution in [0, 0.1) is 0 Å². The minimum Gasteiger partial charge on any atom is -0.466 e. The first-order valence-corrected chi connectivity index (χ1v) is 37.4. The minimum absolute atomic E-state index is 0.00220. The molecule has 2 atom stereocenters. The minimum atomic E-state index is -0.671. The summed E-state index contributed by atoms with van der Waals surface area (Å²) in [5.41, 5.74) is 0. The summed E-state index contributed by atoms with van der Waals surface area (Å²) in [6, 6.07) is -0.549. The molecule has 488 valence electrons. The van der Waals surface area contributed by atoms with Gasteiger partial charge in [-0.05, 0) is 89.9 Å². The highest BCUT2D eigenvalue weighted by atomic mass is 16.5. The SMILES string of the molecule is CCCCCC/C=C\C/C=C\CCCCCCCCCC(=O)OCCCCCCCCCCC/C=C\C/C=C\CCCCCCCCCCCC(=O)NC(CO)C(O)CCCCCCCCCCCCCCCCCCCCCCCCC. The number of hydrogen-bond acceptors (Lipinski definition) is 5. The summed E-state index contributed by atoms with van der Waals surface area (Å²) in [6.45, 7) is 4.96. The van der Waals surface area contributed by atoms with E-state index in [-0.39, 0.29) is 18.5 Å². The Kier molecular flexibility index (Phi) is 70.4. The third kappa shape index (κ3) is 68.8. The Labute approximate surface area is 518 Å². The molecular weight excluding hydrogens is 1020 g/mol. The van der Waals surface area contributed by atoms with Gasteiger partial charge in [0.15, 0.2) is 0 Å². The van der Waals surface area contributed by atoms with E-state index in [4.69, 9.17) is 4.74 Å². The van der Waals surface area contributed by atoms with Crippen LogP contribution in [0.5, 0.6) is 0 Å². The lowest BCUT2D eigenvalue weighted by molar-refractivity contribution is -0.143. The van der Waals surface area contributed by atoms with Gasteiger partial charge in [-0.15, -0.1) is 0 Å². The monoisotopic (exact) mass is 1160 g/mol. The average molecular weight is 1170 g/mol. The van der Waals surface area contributed by atoms with Crippen LogP contribution >= 0.6 is 0 Å². The van der Waals surface area contributed by atoms with Gasteiger partial charge in [-0.3, -0.25) is 9.59 Å². The molecule has 0 aliphatic rings. The van der Waals surface area contributed by atoms with Gasteiger partial charge in [-0.25, -0.2) is 0 Å². The molecule has 0 aromatic carbocycles. The zero-order chi connectivity index (χ0) is 59.9. The van der Waals surface area contributed by atoms with Crippen molar-refractivity contribution in [2.24, 2.45) is 0 Å². The maximum atomic E-state index is 12.6. The Morgan fingerprint density at radius 3 is 0.928 bits per heavy atom. The lowest BCUT2D eigenvalue weighted by Gasteiger charge is -2.22. The van der Waals surface area contributed by atoms with E-state index in [9.17, 15) is 19.8 Å². The Morgan fingerprint density at radius 2 is 0.602 bits per heavy atom. The predicted octanol–water partition coefficient (Wildman–Crippen LogP) is 24.4. The van der Waals surface area contributed by atoms with E-state index in [2.05, 4.69) is 67.8 Å². The molecule has 3 N–H and O–H groups in total. The van der Waals surface area contributed by atoms with Crippen LogP contribution in [0.25, 0.3) is 0 Å². The van der Waals surface area contributed by atoms with Crippen molar-refractivity contribution in [1.29, 1.82) is 0 Å². The third-order valence-corrected chi connectivity index (χ3v) is 17.4. The number of amides is 1. The predicted molar refractivity (Wildman–Crippen MR) is 366 cm³/mol. The summed E-state index contributed by atoms with van der Waals surface area (Å²) in [4.78, 5) is 24.7. The van der Waals surface area contributed by atoms with Crippen LogP contribution in [0.1, 0.15) is 406 Å². The number of hydrogen-bond donors (Lipinski definition) is 3. The van der Waals surface area contributed by atoms with Crippen molar-refractivity contribution in [2.75, 3.05) is 13.2 Å². The number of rotatable bonds is 70. The smallest absolute Gasteiger partial charge is 0.305 e. The highest BCUT2D eigenvalue weighted by molar-refractivity contribution is 5.76. The summed E-state index contributed by atoms with van der Waals surface area (Å²) in [7, 11) is 0. The molecule has 0 bridgehead atoms. The largest absolute Gasteiger partial charge is 0.466 e. The number of nitrogens with one attached hydrogen (secondary N) is 1. The molecule has 0 fully saturated rings. The zero-order valence-corrected chi connectivity index (χ0v) is 55.9. The molecule has 0 radical (unpaired) electrons. The van der Waals surface area contributed by atoms with Gasteiger partial charge < -0.3 is 20.3 Å². The van der Waals surface area contributed by atoms with Crippen molar-refractivity contribution in [3.63, 3.8) is 0 Å². The molecular formula is C77H145NO5. The molecule has 0 saturated heterocycles. The topological polar surface area (TPSA) is 95.9 Å². The number of carbonyl (C=O) groups excluding carboxylic acids is 2. The van der Waals surface area contributed by atoms with E-state index in [0.717, 1.165) is 57.8 Å². The fourth-order valence-corrected chi connectivity index (χ4v) is 11.6. The van der Waals surface area contributed by atoms with Crippen LogP contribution in [-0.4, -0.2) is 47.4 Å². The third-order valence-electron chi connectivity index (χ3n) is 17.4. The molecule has 83 heavy (non-hydrogen) atoms. The normalized spacial score (nSPS) is 12.8. The first-order valence-electron chi connectivity index (χ1n) is 37.4.